The lowest BCUT2D eigenvalue weighted by Crippen LogP contribution is -2.19. The molecule has 1 aliphatic rings. The summed E-state index contributed by atoms with van der Waals surface area (Å²) in [5, 5.41) is 15.0. The number of rotatable bonds is 6. The number of thiophene rings is 1. The van der Waals surface area contributed by atoms with E-state index in [0.717, 1.165) is 47.4 Å². The molecular formula is C20H22N2O4S. The number of nitrogens with one attached hydrogen (secondary N) is 2. The molecule has 0 fully saturated rings. The molecule has 2 aromatic rings. The van der Waals surface area contributed by atoms with E-state index in [4.69, 9.17) is 5.11 Å². The number of aliphatic carboxylic acids is 1. The third-order valence-corrected chi connectivity index (χ3v) is 5.82. The Balaban J connectivity index is 1.87. The number of carboxylic acid groups (broad SMARTS) is 1. The number of aryl methyl sites for hydroxylation is 2. The van der Waals surface area contributed by atoms with Crippen molar-refractivity contribution in [2.75, 3.05) is 10.6 Å². The largest absolute Gasteiger partial charge is 0.481 e. The lowest BCUT2D eigenvalue weighted by Gasteiger charge is -2.14. The van der Waals surface area contributed by atoms with E-state index in [2.05, 4.69) is 10.6 Å². The Morgan fingerprint density at radius 2 is 1.81 bits per heavy atom. The lowest BCUT2D eigenvalue weighted by molar-refractivity contribution is -0.138. The molecule has 1 aromatic carbocycles. The number of fused-ring (bicyclic) bond motifs is 1. The van der Waals surface area contributed by atoms with Crippen LogP contribution >= 0.6 is 11.3 Å². The number of carboxylic acids is 1. The normalized spacial score (nSPS) is 12.9. The summed E-state index contributed by atoms with van der Waals surface area (Å²) in [5.41, 5.74) is 3.22. The Bertz CT molecular complexity index is 888. The summed E-state index contributed by atoms with van der Waals surface area (Å²) < 4.78 is 0. The van der Waals surface area contributed by atoms with Gasteiger partial charge in [0.1, 0.15) is 5.00 Å². The van der Waals surface area contributed by atoms with Gasteiger partial charge in [0, 0.05) is 17.0 Å². The van der Waals surface area contributed by atoms with E-state index in [-0.39, 0.29) is 24.7 Å². The van der Waals surface area contributed by atoms with Gasteiger partial charge < -0.3 is 15.7 Å². The predicted octanol–water partition coefficient (Wildman–Crippen LogP) is 3.99. The van der Waals surface area contributed by atoms with Crippen LogP contribution in [0.3, 0.4) is 0 Å². The van der Waals surface area contributed by atoms with Crippen molar-refractivity contribution in [3.05, 3.63) is 45.8 Å². The van der Waals surface area contributed by atoms with Crippen LogP contribution in [-0.4, -0.2) is 22.9 Å². The summed E-state index contributed by atoms with van der Waals surface area (Å²) in [6.45, 7) is 1.92. The molecule has 0 saturated heterocycles. The predicted molar refractivity (Wildman–Crippen MR) is 106 cm³/mol. The standard InChI is InChI=1S/C20H22N2O4S/c1-12-6-2-4-8-14(12)21-19(26)18-13-7-3-5-9-15(13)27-20(18)22-16(23)10-11-17(24)25/h2,4,6,8H,3,5,7,9-11H2,1H3,(H,21,26)(H,22,23)(H,24,25). The van der Waals surface area contributed by atoms with Gasteiger partial charge in [-0.2, -0.15) is 0 Å². The molecule has 1 heterocycles. The fraction of sp³-hybridized carbons (Fsp3) is 0.350. The van der Waals surface area contributed by atoms with Crippen LogP contribution in [0, 0.1) is 6.92 Å². The van der Waals surface area contributed by atoms with Crippen molar-refractivity contribution in [2.45, 2.75) is 45.4 Å². The first-order chi connectivity index (χ1) is 13.0. The van der Waals surface area contributed by atoms with Gasteiger partial charge in [-0.3, -0.25) is 14.4 Å². The number of benzene rings is 1. The molecule has 0 radical (unpaired) electrons. The molecule has 0 aliphatic heterocycles. The van der Waals surface area contributed by atoms with Crippen LogP contribution in [0.1, 0.15) is 52.0 Å². The minimum atomic E-state index is -1.02. The van der Waals surface area contributed by atoms with Crippen molar-refractivity contribution >= 4 is 39.8 Å². The topological polar surface area (TPSA) is 95.5 Å². The summed E-state index contributed by atoms with van der Waals surface area (Å²) in [6, 6.07) is 7.54. The summed E-state index contributed by atoms with van der Waals surface area (Å²) in [7, 11) is 0. The number of anilines is 2. The summed E-state index contributed by atoms with van der Waals surface area (Å²) in [6.07, 6.45) is 3.45. The van der Waals surface area contributed by atoms with E-state index in [1.807, 2.05) is 31.2 Å². The molecule has 0 unspecified atom stereocenters. The SMILES string of the molecule is Cc1ccccc1NC(=O)c1c(NC(=O)CCC(=O)O)sc2c1CCCC2. The zero-order valence-corrected chi connectivity index (χ0v) is 15.9. The summed E-state index contributed by atoms with van der Waals surface area (Å²) in [4.78, 5) is 36.9. The van der Waals surface area contributed by atoms with Crippen molar-refractivity contribution in [1.82, 2.24) is 0 Å². The van der Waals surface area contributed by atoms with Gasteiger partial charge in [-0.05, 0) is 49.8 Å². The van der Waals surface area contributed by atoms with Gasteiger partial charge in [0.25, 0.3) is 5.91 Å². The maximum atomic E-state index is 13.0. The van der Waals surface area contributed by atoms with Crippen molar-refractivity contribution in [1.29, 1.82) is 0 Å². The van der Waals surface area contributed by atoms with E-state index >= 15 is 0 Å². The minimum Gasteiger partial charge on any atom is -0.481 e. The Morgan fingerprint density at radius 1 is 1.07 bits per heavy atom. The van der Waals surface area contributed by atoms with E-state index in [1.54, 1.807) is 0 Å². The average Bonchev–Trinajstić information content (AvgIpc) is 2.99. The zero-order valence-electron chi connectivity index (χ0n) is 15.1. The number of para-hydroxylation sites is 1. The second-order valence-electron chi connectivity index (χ2n) is 6.63. The molecule has 1 aromatic heterocycles. The molecule has 27 heavy (non-hydrogen) atoms. The molecule has 0 saturated carbocycles. The zero-order chi connectivity index (χ0) is 19.4. The monoisotopic (exact) mass is 386 g/mol. The highest BCUT2D eigenvalue weighted by atomic mass is 32.1. The Morgan fingerprint density at radius 3 is 2.56 bits per heavy atom. The van der Waals surface area contributed by atoms with Crippen LogP contribution in [0.2, 0.25) is 0 Å². The second kappa shape index (κ2) is 8.35. The molecule has 0 atom stereocenters. The molecule has 0 spiro atoms. The number of hydrogen-bond acceptors (Lipinski definition) is 4. The van der Waals surface area contributed by atoms with Crippen LogP contribution in [0.5, 0.6) is 0 Å². The van der Waals surface area contributed by atoms with Crippen LogP contribution in [0.15, 0.2) is 24.3 Å². The van der Waals surface area contributed by atoms with Crippen molar-refractivity contribution in [3.63, 3.8) is 0 Å². The van der Waals surface area contributed by atoms with E-state index in [0.29, 0.717) is 10.6 Å². The van der Waals surface area contributed by atoms with Crippen molar-refractivity contribution in [3.8, 4) is 0 Å². The highest BCUT2D eigenvalue weighted by molar-refractivity contribution is 7.17. The second-order valence-corrected chi connectivity index (χ2v) is 7.73. The number of carbonyl (C=O) groups excluding carboxylic acids is 2. The first-order valence-corrected chi connectivity index (χ1v) is 9.80. The van der Waals surface area contributed by atoms with Crippen LogP contribution in [0.4, 0.5) is 10.7 Å². The highest BCUT2D eigenvalue weighted by Gasteiger charge is 2.26. The Hall–Kier alpha value is -2.67. The quantitative estimate of drug-likeness (QED) is 0.699. The Labute approximate surface area is 161 Å². The third kappa shape index (κ3) is 4.54. The van der Waals surface area contributed by atoms with Gasteiger partial charge in [0.05, 0.1) is 12.0 Å². The van der Waals surface area contributed by atoms with E-state index in [1.165, 1.54) is 11.3 Å². The van der Waals surface area contributed by atoms with Gasteiger partial charge in [-0.1, -0.05) is 18.2 Å². The molecule has 0 bridgehead atoms. The molecule has 6 nitrogen and oxygen atoms in total. The first-order valence-electron chi connectivity index (χ1n) is 8.99. The van der Waals surface area contributed by atoms with Gasteiger partial charge in [-0.25, -0.2) is 0 Å². The van der Waals surface area contributed by atoms with Gasteiger partial charge >= 0.3 is 5.97 Å². The van der Waals surface area contributed by atoms with Gasteiger partial charge in [0.2, 0.25) is 5.91 Å². The molecular weight excluding hydrogens is 364 g/mol. The van der Waals surface area contributed by atoms with E-state index < -0.39 is 5.97 Å². The maximum Gasteiger partial charge on any atom is 0.303 e. The van der Waals surface area contributed by atoms with Crippen LogP contribution in [-0.2, 0) is 22.4 Å². The molecule has 3 rings (SSSR count). The Kier molecular flexibility index (Phi) is 5.91. The van der Waals surface area contributed by atoms with Crippen LogP contribution in [0.25, 0.3) is 0 Å². The van der Waals surface area contributed by atoms with Crippen molar-refractivity contribution in [2.24, 2.45) is 0 Å². The molecule has 7 heteroatoms. The minimum absolute atomic E-state index is 0.114. The van der Waals surface area contributed by atoms with Crippen LogP contribution < -0.4 is 10.6 Å². The smallest absolute Gasteiger partial charge is 0.303 e. The van der Waals surface area contributed by atoms with Gasteiger partial charge in [0.15, 0.2) is 0 Å². The highest BCUT2D eigenvalue weighted by Crippen LogP contribution is 2.38. The average molecular weight is 386 g/mol. The van der Waals surface area contributed by atoms with Crippen molar-refractivity contribution < 1.29 is 19.5 Å². The molecule has 2 amide bonds. The van der Waals surface area contributed by atoms with Gasteiger partial charge in [-0.15, -0.1) is 11.3 Å². The third-order valence-electron chi connectivity index (χ3n) is 4.61. The summed E-state index contributed by atoms with van der Waals surface area (Å²) >= 11 is 1.43. The maximum absolute atomic E-state index is 13.0. The molecule has 1 aliphatic carbocycles. The molecule has 3 N–H and O–H groups in total. The summed E-state index contributed by atoms with van der Waals surface area (Å²) in [5.74, 6) is -1.65. The van der Waals surface area contributed by atoms with E-state index in [9.17, 15) is 14.4 Å². The number of carbonyl (C=O) groups is 3. The lowest BCUT2D eigenvalue weighted by atomic mass is 9.95. The fourth-order valence-electron chi connectivity index (χ4n) is 3.20. The number of amides is 2. The first kappa shape index (κ1) is 19.1. The fourth-order valence-corrected chi connectivity index (χ4v) is 4.50. The number of hydrogen-bond donors (Lipinski definition) is 3. The molecule has 142 valence electrons.